The smallest absolute Gasteiger partial charge is 0.241 e. The van der Waals surface area contributed by atoms with E-state index in [-0.39, 0.29) is 36.3 Å². The molecule has 4 aliphatic rings. The number of hydrogen-bond donors (Lipinski definition) is 3. The first-order valence-corrected chi connectivity index (χ1v) is 6.95. The van der Waals surface area contributed by atoms with Gasteiger partial charge in [-0.25, -0.2) is 0 Å². The zero-order chi connectivity index (χ0) is 13.6. The van der Waals surface area contributed by atoms with Gasteiger partial charge >= 0.3 is 0 Å². The van der Waals surface area contributed by atoms with E-state index < -0.39 is 18.2 Å². The van der Waals surface area contributed by atoms with Gasteiger partial charge in [0.15, 0.2) is 0 Å². The average molecular weight is 302 g/mol. The summed E-state index contributed by atoms with van der Waals surface area (Å²) in [5.74, 6) is -0.336. The highest BCUT2D eigenvalue weighted by Crippen LogP contribution is 2.35. The monoisotopic (exact) mass is 301 g/mol. The zero-order valence-corrected chi connectivity index (χ0v) is 11.9. The van der Waals surface area contributed by atoms with E-state index in [4.69, 9.17) is 5.26 Å². The van der Waals surface area contributed by atoms with Crippen LogP contribution in [0.4, 0.5) is 0 Å². The van der Waals surface area contributed by atoms with Crippen molar-refractivity contribution in [3.8, 4) is 6.07 Å². The summed E-state index contributed by atoms with van der Waals surface area (Å²) >= 11 is 0. The van der Waals surface area contributed by atoms with Crippen LogP contribution in [0.15, 0.2) is 0 Å². The summed E-state index contributed by atoms with van der Waals surface area (Å²) in [6.07, 6.45) is 1.50. The van der Waals surface area contributed by atoms with Crippen LogP contribution in [0.5, 0.6) is 0 Å². The van der Waals surface area contributed by atoms with Gasteiger partial charge in [-0.05, 0) is 25.7 Å². The summed E-state index contributed by atoms with van der Waals surface area (Å²) in [6.45, 7) is 0.616. The Bertz CT molecular complexity index is 426. The molecule has 6 atom stereocenters. The third kappa shape index (κ3) is 2.29. The molecule has 0 aromatic carbocycles. The van der Waals surface area contributed by atoms with Gasteiger partial charge in [0, 0.05) is 18.5 Å². The number of carbonyl (C=O) groups is 1. The van der Waals surface area contributed by atoms with E-state index in [1.54, 1.807) is 4.90 Å². The fourth-order valence-corrected chi connectivity index (χ4v) is 3.70. The maximum absolute atomic E-state index is 12.5. The SMILES string of the molecule is Cl.N#C[C@@H]1CCCN1C(=O)[C@H]1N[C@H]2CC[C@@H]1[C@H](O)[C@@H]2O. The lowest BCUT2D eigenvalue weighted by atomic mass is 9.72. The predicted molar refractivity (Wildman–Crippen MR) is 73.0 cm³/mol. The van der Waals surface area contributed by atoms with E-state index in [1.165, 1.54) is 0 Å². The van der Waals surface area contributed by atoms with Crippen LogP contribution in [0, 0.1) is 17.2 Å². The van der Waals surface area contributed by atoms with Crippen molar-refractivity contribution in [1.29, 1.82) is 5.26 Å². The molecule has 3 heterocycles. The largest absolute Gasteiger partial charge is 0.390 e. The highest BCUT2D eigenvalue weighted by molar-refractivity contribution is 5.85. The molecule has 2 bridgehead atoms. The van der Waals surface area contributed by atoms with Crippen LogP contribution in [0.1, 0.15) is 25.7 Å². The van der Waals surface area contributed by atoms with Crippen molar-refractivity contribution in [2.24, 2.45) is 5.92 Å². The van der Waals surface area contributed by atoms with Gasteiger partial charge in [0.1, 0.15) is 6.04 Å². The van der Waals surface area contributed by atoms with E-state index in [2.05, 4.69) is 11.4 Å². The molecule has 112 valence electrons. The van der Waals surface area contributed by atoms with Crippen molar-refractivity contribution in [3.63, 3.8) is 0 Å². The highest BCUT2D eigenvalue weighted by atomic mass is 35.5. The highest BCUT2D eigenvalue weighted by Gasteiger charge is 2.51. The van der Waals surface area contributed by atoms with Crippen LogP contribution < -0.4 is 5.32 Å². The number of nitriles is 1. The summed E-state index contributed by atoms with van der Waals surface area (Å²) in [4.78, 5) is 14.2. The minimum Gasteiger partial charge on any atom is -0.390 e. The quantitative estimate of drug-likeness (QED) is 0.601. The second-order valence-corrected chi connectivity index (χ2v) is 5.79. The molecule has 1 saturated carbocycles. The van der Waals surface area contributed by atoms with Crippen molar-refractivity contribution in [2.75, 3.05) is 6.54 Å². The van der Waals surface area contributed by atoms with Gasteiger partial charge in [-0.1, -0.05) is 0 Å². The lowest BCUT2D eigenvalue weighted by molar-refractivity contribution is -0.150. The van der Waals surface area contributed by atoms with E-state index in [0.29, 0.717) is 6.54 Å². The van der Waals surface area contributed by atoms with Crippen molar-refractivity contribution >= 4 is 18.3 Å². The number of aliphatic hydroxyl groups is 2. The molecular weight excluding hydrogens is 282 g/mol. The number of amides is 1. The first-order valence-electron chi connectivity index (χ1n) is 6.95. The summed E-state index contributed by atoms with van der Waals surface area (Å²) < 4.78 is 0. The molecule has 3 aliphatic heterocycles. The van der Waals surface area contributed by atoms with Gasteiger partial charge in [0.25, 0.3) is 0 Å². The first-order chi connectivity index (χ1) is 9.13. The van der Waals surface area contributed by atoms with Crippen LogP contribution >= 0.6 is 12.4 Å². The number of carbonyl (C=O) groups excluding carboxylic acids is 1. The summed E-state index contributed by atoms with van der Waals surface area (Å²) in [5, 5.41) is 32.1. The van der Waals surface area contributed by atoms with Crippen molar-refractivity contribution in [1.82, 2.24) is 10.2 Å². The molecule has 1 amide bonds. The maximum Gasteiger partial charge on any atom is 0.241 e. The lowest BCUT2D eigenvalue weighted by Gasteiger charge is -2.49. The molecule has 0 spiro atoms. The number of fused-ring (bicyclic) bond motifs is 3. The average Bonchev–Trinajstić information content (AvgIpc) is 2.91. The van der Waals surface area contributed by atoms with Crippen LogP contribution in [0.2, 0.25) is 0 Å². The molecule has 0 radical (unpaired) electrons. The number of aliphatic hydroxyl groups excluding tert-OH is 2. The van der Waals surface area contributed by atoms with Crippen LogP contribution in [0.3, 0.4) is 0 Å². The molecule has 4 fully saturated rings. The molecule has 4 rings (SSSR count). The number of likely N-dealkylation sites (tertiary alicyclic amines) is 1. The molecular formula is C13H20ClN3O3. The number of halogens is 1. The Labute approximate surface area is 124 Å². The van der Waals surface area contributed by atoms with Crippen molar-refractivity contribution in [2.45, 2.75) is 56.0 Å². The molecule has 20 heavy (non-hydrogen) atoms. The van der Waals surface area contributed by atoms with Gasteiger partial charge in [0.05, 0.1) is 24.3 Å². The number of nitrogens with zero attached hydrogens (tertiary/aromatic N) is 2. The third-order valence-corrected chi connectivity index (χ3v) is 4.78. The molecule has 3 saturated heterocycles. The molecule has 1 aliphatic carbocycles. The molecule has 0 aromatic rings. The van der Waals surface area contributed by atoms with Gasteiger partial charge in [-0.2, -0.15) is 5.26 Å². The van der Waals surface area contributed by atoms with E-state index in [0.717, 1.165) is 25.7 Å². The second kappa shape index (κ2) is 5.86. The maximum atomic E-state index is 12.5. The fraction of sp³-hybridized carbons (Fsp3) is 0.846. The number of piperidine rings is 2. The van der Waals surface area contributed by atoms with E-state index in [9.17, 15) is 15.0 Å². The van der Waals surface area contributed by atoms with Gasteiger partial charge in [-0.3, -0.25) is 4.79 Å². The molecule has 3 N–H and O–H groups in total. The minimum absolute atomic E-state index is 0. The zero-order valence-electron chi connectivity index (χ0n) is 11.1. The molecule has 7 heteroatoms. The van der Waals surface area contributed by atoms with Gasteiger partial charge < -0.3 is 20.4 Å². The lowest BCUT2D eigenvalue weighted by Crippen LogP contribution is -2.69. The van der Waals surface area contributed by atoms with Crippen LogP contribution in [-0.4, -0.2) is 57.9 Å². The Morgan fingerprint density at radius 2 is 2.00 bits per heavy atom. The Balaban J connectivity index is 0.00000147. The molecule has 6 nitrogen and oxygen atoms in total. The van der Waals surface area contributed by atoms with Crippen molar-refractivity contribution < 1.29 is 15.0 Å². The molecule has 0 aromatic heterocycles. The Kier molecular flexibility index (Phi) is 4.55. The summed E-state index contributed by atoms with van der Waals surface area (Å²) in [7, 11) is 0. The number of rotatable bonds is 1. The normalized spacial score (nSPS) is 43.0. The standard InChI is InChI=1S/C13H19N3O3.ClH/c14-6-7-2-1-5-16(7)13(19)10-8-3-4-9(15-10)12(18)11(8)17;/h7-12,15,17-18H,1-5H2;1H/t7-,8-,9-,10-,11-,12+;/m0./s1. The second-order valence-electron chi connectivity index (χ2n) is 5.79. The topological polar surface area (TPSA) is 96.6 Å². The van der Waals surface area contributed by atoms with Gasteiger partial charge in [0.2, 0.25) is 5.91 Å². The predicted octanol–water partition coefficient (Wildman–Crippen LogP) is -0.605. The van der Waals surface area contributed by atoms with Crippen LogP contribution in [0.25, 0.3) is 0 Å². The number of nitrogens with one attached hydrogen (secondary N) is 1. The number of hydrogen-bond acceptors (Lipinski definition) is 5. The Morgan fingerprint density at radius 1 is 1.25 bits per heavy atom. The third-order valence-electron chi connectivity index (χ3n) is 4.78. The minimum atomic E-state index is -0.836. The van der Waals surface area contributed by atoms with E-state index >= 15 is 0 Å². The Morgan fingerprint density at radius 3 is 2.65 bits per heavy atom. The van der Waals surface area contributed by atoms with Crippen LogP contribution in [-0.2, 0) is 4.79 Å². The summed E-state index contributed by atoms with van der Waals surface area (Å²) in [5.41, 5.74) is 0. The first kappa shape index (κ1) is 15.5. The molecule has 0 unspecified atom stereocenters. The summed E-state index contributed by atoms with van der Waals surface area (Å²) in [6, 6.07) is 1.16. The van der Waals surface area contributed by atoms with Gasteiger partial charge in [-0.15, -0.1) is 12.4 Å². The fourth-order valence-electron chi connectivity index (χ4n) is 3.70. The van der Waals surface area contributed by atoms with Crippen molar-refractivity contribution in [3.05, 3.63) is 0 Å². The van der Waals surface area contributed by atoms with E-state index in [1.807, 2.05) is 0 Å². The Hall–Kier alpha value is -0.870.